The molecule has 0 bridgehead atoms. The van der Waals surface area contributed by atoms with Gasteiger partial charge in [-0.15, -0.1) is 0 Å². The Hall–Kier alpha value is -2.24. The van der Waals surface area contributed by atoms with E-state index in [1.807, 2.05) is 48.5 Å². The van der Waals surface area contributed by atoms with Gasteiger partial charge in [0.2, 0.25) is 0 Å². The normalized spacial score (nSPS) is 11.2. The van der Waals surface area contributed by atoms with E-state index in [2.05, 4.69) is 15.3 Å². The molecule has 0 aliphatic heterocycles. The third-order valence-electron chi connectivity index (χ3n) is 4.71. The van der Waals surface area contributed by atoms with Gasteiger partial charge in [0.1, 0.15) is 18.2 Å². The highest BCUT2D eigenvalue weighted by atomic mass is 35.5. The third-order valence-corrected chi connectivity index (χ3v) is 5.54. The molecule has 0 amide bonds. The van der Waals surface area contributed by atoms with Crippen molar-refractivity contribution < 1.29 is 4.74 Å². The largest absolute Gasteiger partial charge is 0.489 e. The van der Waals surface area contributed by atoms with Crippen LogP contribution in [0.4, 0.5) is 0 Å². The van der Waals surface area contributed by atoms with E-state index in [0.717, 1.165) is 46.7 Å². The van der Waals surface area contributed by atoms with Gasteiger partial charge < -0.3 is 15.0 Å². The van der Waals surface area contributed by atoms with Gasteiger partial charge in [0.15, 0.2) is 0 Å². The maximum atomic E-state index is 6.24. The molecule has 4 aromatic rings. The van der Waals surface area contributed by atoms with E-state index in [0.29, 0.717) is 28.2 Å². The first-order chi connectivity index (χ1) is 14.6. The second kappa shape index (κ2) is 9.71. The van der Waals surface area contributed by atoms with E-state index in [-0.39, 0.29) is 0 Å². The molecular weight excluding hydrogens is 441 g/mol. The van der Waals surface area contributed by atoms with Crippen molar-refractivity contribution in [3.8, 4) is 5.75 Å². The van der Waals surface area contributed by atoms with Gasteiger partial charge >= 0.3 is 0 Å². The lowest BCUT2D eigenvalue weighted by Gasteiger charge is -2.13. The molecule has 1 heterocycles. The molecule has 4 rings (SSSR count). The van der Waals surface area contributed by atoms with Gasteiger partial charge in [-0.25, -0.2) is 4.98 Å². The lowest BCUT2D eigenvalue weighted by atomic mass is 10.2. The van der Waals surface area contributed by atoms with Crippen molar-refractivity contribution in [2.45, 2.75) is 19.6 Å². The zero-order chi connectivity index (χ0) is 20.9. The number of imidazole rings is 1. The van der Waals surface area contributed by atoms with Crippen LogP contribution in [-0.4, -0.2) is 16.5 Å². The number of nitrogens with zero attached hydrogens (tertiary/aromatic N) is 1. The van der Waals surface area contributed by atoms with Crippen molar-refractivity contribution in [2.75, 3.05) is 6.54 Å². The lowest BCUT2D eigenvalue weighted by Crippen LogP contribution is -2.18. The van der Waals surface area contributed by atoms with Gasteiger partial charge in [0.05, 0.1) is 11.0 Å². The smallest absolute Gasteiger partial charge is 0.124 e. The minimum atomic E-state index is 0.351. The van der Waals surface area contributed by atoms with E-state index >= 15 is 0 Å². The summed E-state index contributed by atoms with van der Waals surface area (Å²) in [5.74, 6) is 1.73. The minimum absolute atomic E-state index is 0.351. The average molecular weight is 461 g/mol. The summed E-state index contributed by atoms with van der Waals surface area (Å²) in [6.45, 7) is 1.75. The zero-order valence-corrected chi connectivity index (χ0v) is 18.4. The summed E-state index contributed by atoms with van der Waals surface area (Å²) >= 11 is 18.4. The molecule has 0 atom stereocenters. The van der Waals surface area contributed by atoms with Gasteiger partial charge in [-0.2, -0.15) is 0 Å². The van der Waals surface area contributed by atoms with E-state index in [1.54, 1.807) is 12.1 Å². The predicted molar refractivity (Wildman–Crippen MR) is 124 cm³/mol. The molecule has 0 aliphatic carbocycles. The summed E-state index contributed by atoms with van der Waals surface area (Å²) in [5.41, 5.74) is 3.90. The van der Waals surface area contributed by atoms with Gasteiger partial charge in [-0.3, -0.25) is 0 Å². The number of benzene rings is 3. The monoisotopic (exact) mass is 459 g/mol. The fourth-order valence-electron chi connectivity index (χ4n) is 3.18. The van der Waals surface area contributed by atoms with Crippen molar-refractivity contribution in [3.05, 3.63) is 92.7 Å². The molecule has 154 valence electrons. The summed E-state index contributed by atoms with van der Waals surface area (Å²) in [7, 11) is 0. The quantitative estimate of drug-likeness (QED) is 0.298. The first-order valence-electron chi connectivity index (χ1n) is 9.58. The molecule has 0 aliphatic rings. The van der Waals surface area contributed by atoms with E-state index in [4.69, 9.17) is 39.5 Å². The Kier molecular flexibility index (Phi) is 6.80. The van der Waals surface area contributed by atoms with E-state index in [1.165, 1.54) is 0 Å². The second-order valence-electron chi connectivity index (χ2n) is 6.90. The predicted octanol–water partition coefficient (Wildman–Crippen LogP) is 6.43. The molecule has 2 N–H and O–H groups in total. The Labute approximate surface area is 190 Å². The highest BCUT2D eigenvalue weighted by molar-refractivity contribution is 6.35. The second-order valence-corrected chi connectivity index (χ2v) is 8.18. The van der Waals surface area contributed by atoms with Crippen molar-refractivity contribution in [1.82, 2.24) is 15.3 Å². The standard InChI is InChI=1S/C23H20Cl3N3O/c24-17-7-8-22(30-14-15-5-6-18(25)12-19(15)26)16(11-17)13-27-10-9-23-28-20-3-1-2-4-21(20)29-23/h1-8,11-12,27H,9-10,13-14H2,(H,28,29). The van der Waals surface area contributed by atoms with Crippen molar-refractivity contribution in [1.29, 1.82) is 0 Å². The number of aromatic amines is 1. The molecule has 0 saturated heterocycles. The first kappa shape index (κ1) is 21.0. The SMILES string of the molecule is Clc1ccc(COc2ccc(Cl)cc2CNCCc2nc3ccccc3[nH]2)c(Cl)c1. The highest BCUT2D eigenvalue weighted by Crippen LogP contribution is 2.26. The molecule has 0 saturated carbocycles. The first-order valence-corrected chi connectivity index (χ1v) is 10.7. The number of rotatable bonds is 8. The van der Waals surface area contributed by atoms with Crippen molar-refractivity contribution >= 4 is 45.8 Å². The molecule has 0 fully saturated rings. The number of aromatic nitrogens is 2. The van der Waals surface area contributed by atoms with Crippen LogP contribution in [0.3, 0.4) is 0 Å². The Morgan fingerprint density at radius 2 is 1.70 bits per heavy atom. The van der Waals surface area contributed by atoms with Crippen molar-refractivity contribution in [3.63, 3.8) is 0 Å². The number of H-pyrrole nitrogens is 1. The van der Waals surface area contributed by atoms with Crippen LogP contribution in [0.1, 0.15) is 17.0 Å². The molecule has 0 spiro atoms. The van der Waals surface area contributed by atoms with Crippen LogP contribution in [0.2, 0.25) is 15.1 Å². The topological polar surface area (TPSA) is 49.9 Å². The zero-order valence-electron chi connectivity index (χ0n) is 16.1. The molecule has 3 aromatic carbocycles. The van der Waals surface area contributed by atoms with Crippen LogP contribution < -0.4 is 10.1 Å². The number of nitrogens with one attached hydrogen (secondary N) is 2. The van der Waals surface area contributed by atoms with E-state index in [9.17, 15) is 0 Å². The van der Waals surface area contributed by atoms with Gasteiger partial charge in [0.25, 0.3) is 0 Å². The van der Waals surface area contributed by atoms with Crippen LogP contribution in [0.5, 0.6) is 5.75 Å². The molecule has 30 heavy (non-hydrogen) atoms. The molecular formula is C23H20Cl3N3O. The molecule has 0 unspecified atom stereocenters. The van der Waals surface area contributed by atoms with Crippen molar-refractivity contribution in [2.24, 2.45) is 0 Å². The van der Waals surface area contributed by atoms with Gasteiger partial charge in [0, 0.05) is 45.7 Å². The fourth-order valence-corrected chi connectivity index (χ4v) is 3.83. The van der Waals surface area contributed by atoms with Crippen LogP contribution in [0.15, 0.2) is 60.7 Å². The molecule has 4 nitrogen and oxygen atoms in total. The van der Waals surface area contributed by atoms with Crippen LogP contribution in [-0.2, 0) is 19.6 Å². The number of hydrogen-bond acceptors (Lipinski definition) is 3. The number of halogens is 3. The number of fused-ring (bicyclic) bond motifs is 1. The van der Waals surface area contributed by atoms with Gasteiger partial charge in [-0.1, -0.05) is 53.0 Å². The Balaban J connectivity index is 1.35. The minimum Gasteiger partial charge on any atom is -0.489 e. The fraction of sp³-hybridized carbons (Fsp3) is 0.174. The Bertz CT molecular complexity index is 1130. The highest BCUT2D eigenvalue weighted by Gasteiger charge is 2.08. The lowest BCUT2D eigenvalue weighted by molar-refractivity contribution is 0.302. The third kappa shape index (κ3) is 5.27. The van der Waals surface area contributed by atoms with E-state index < -0.39 is 0 Å². The Morgan fingerprint density at radius 1 is 0.900 bits per heavy atom. The summed E-state index contributed by atoms with van der Waals surface area (Å²) in [4.78, 5) is 7.95. The number of hydrogen-bond donors (Lipinski definition) is 2. The maximum absolute atomic E-state index is 6.24. The average Bonchev–Trinajstić information content (AvgIpc) is 3.14. The van der Waals surface area contributed by atoms with Crippen LogP contribution >= 0.6 is 34.8 Å². The summed E-state index contributed by atoms with van der Waals surface area (Å²) in [6, 6.07) is 19.0. The molecule has 0 radical (unpaired) electrons. The van der Waals surface area contributed by atoms with Crippen LogP contribution in [0.25, 0.3) is 11.0 Å². The summed E-state index contributed by atoms with van der Waals surface area (Å²) in [6.07, 6.45) is 0.797. The number of para-hydroxylation sites is 2. The number of ether oxygens (including phenoxy) is 1. The summed E-state index contributed by atoms with van der Waals surface area (Å²) in [5, 5.41) is 5.29. The molecule has 7 heteroatoms. The molecule has 1 aromatic heterocycles. The maximum Gasteiger partial charge on any atom is 0.124 e. The summed E-state index contributed by atoms with van der Waals surface area (Å²) < 4.78 is 6.01. The Morgan fingerprint density at radius 3 is 2.53 bits per heavy atom. The van der Waals surface area contributed by atoms with Crippen LogP contribution in [0, 0.1) is 0 Å². The van der Waals surface area contributed by atoms with Gasteiger partial charge in [-0.05, 0) is 42.5 Å².